The molecule has 0 aromatic carbocycles. The van der Waals surface area contributed by atoms with Crippen molar-refractivity contribution in [3.8, 4) is 0 Å². The van der Waals surface area contributed by atoms with Crippen LogP contribution in [0.4, 0.5) is 0 Å². The Hall–Kier alpha value is -1.14. The fourth-order valence-electron chi connectivity index (χ4n) is 2.63. The van der Waals surface area contributed by atoms with E-state index in [9.17, 15) is 19.8 Å². The molecule has 6 unspecified atom stereocenters. The molecule has 2 bridgehead atoms. The Kier molecular flexibility index (Phi) is 1.32. The number of aliphatic hydroxyl groups is 1. The van der Waals surface area contributed by atoms with Crippen molar-refractivity contribution in [2.24, 2.45) is 11.8 Å². The van der Waals surface area contributed by atoms with Gasteiger partial charge in [-0.15, -0.1) is 0 Å². The van der Waals surface area contributed by atoms with Gasteiger partial charge in [-0.25, -0.2) is 0 Å². The van der Waals surface area contributed by atoms with Crippen LogP contribution in [0, 0.1) is 11.8 Å². The maximum atomic E-state index is 11.2. The third kappa shape index (κ3) is 0.699. The topological polar surface area (TPSA) is 95.9 Å². The quantitative estimate of drug-likeness (QED) is 0.453. The first kappa shape index (κ1) is 8.19. The lowest BCUT2D eigenvalue weighted by atomic mass is 9.79. The van der Waals surface area contributed by atoms with E-state index in [4.69, 9.17) is 9.47 Å². The molecule has 76 valence electrons. The average Bonchev–Trinajstić information content (AvgIpc) is 2.67. The molecule has 0 spiro atoms. The van der Waals surface area contributed by atoms with Crippen LogP contribution in [0.15, 0.2) is 0 Å². The molecule has 6 atom stereocenters. The molecule has 3 rings (SSSR count). The minimum atomic E-state index is -1.36. The summed E-state index contributed by atoms with van der Waals surface area (Å²) in [5.74, 6) is -3.83. The number of hydrogen-bond acceptors (Lipinski definition) is 6. The van der Waals surface area contributed by atoms with Crippen LogP contribution in [-0.2, 0) is 19.1 Å². The SMILES string of the molecule is O=C([O-])C1C2OC3C(OC(=O)C31)C2O. The van der Waals surface area contributed by atoms with Gasteiger partial charge in [0.15, 0.2) is 6.10 Å². The molecule has 0 radical (unpaired) electrons. The summed E-state index contributed by atoms with van der Waals surface area (Å²) >= 11 is 0. The molecule has 0 aliphatic carbocycles. The van der Waals surface area contributed by atoms with Gasteiger partial charge in [0.2, 0.25) is 0 Å². The third-order valence-corrected chi connectivity index (χ3v) is 3.20. The normalized spacial score (nSPS) is 53.6. The van der Waals surface area contributed by atoms with Crippen molar-refractivity contribution in [2.45, 2.75) is 24.4 Å². The van der Waals surface area contributed by atoms with Crippen molar-refractivity contribution in [2.75, 3.05) is 0 Å². The van der Waals surface area contributed by atoms with Gasteiger partial charge in [-0.1, -0.05) is 0 Å². The number of carboxylic acids is 1. The molecule has 3 saturated heterocycles. The molecule has 6 nitrogen and oxygen atoms in total. The Morgan fingerprint density at radius 1 is 1.36 bits per heavy atom. The first-order valence-corrected chi connectivity index (χ1v) is 4.36. The van der Waals surface area contributed by atoms with Crippen molar-refractivity contribution < 1.29 is 29.3 Å². The van der Waals surface area contributed by atoms with E-state index in [1.165, 1.54) is 0 Å². The maximum absolute atomic E-state index is 11.2. The number of rotatable bonds is 1. The van der Waals surface area contributed by atoms with Crippen LogP contribution in [0.2, 0.25) is 0 Å². The number of ether oxygens (including phenoxy) is 2. The lowest BCUT2D eigenvalue weighted by Gasteiger charge is -2.25. The summed E-state index contributed by atoms with van der Waals surface area (Å²) in [7, 11) is 0. The van der Waals surface area contributed by atoms with Crippen LogP contribution in [0.1, 0.15) is 0 Å². The second-order valence-electron chi connectivity index (χ2n) is 3.83. The Labute approximate surface area is 78.4 Å². The third-order valence-electron chi connectivity index (χ3n) is 3.20. The Bertz CT molecular complexity index is 326. The van der Waals surface area contributed by atoms with Crippen LogP contribution >= 0.6 is 0 Å². The van der Waals surface area contributed by atoms with Gasteiger partial charge in [0.25, 0.3) is 0 Å². The van der Waals surface area contributed by atoms with Gasteiger partial charge < -0.3 is 24.5 Å². The van der Waals surface area contributed by atoms with Gasteiger partial charge in [0.1, 0.15) is 12.2 Å². The van der Waals surface area contributed by atoms with Gasteiger partial charge in [0.05, 0.1) is 12.0 Å². The fraction of sp³-hybridized carbons (Fsp3) is 0.750. The molecule has 0 aromatic heterocycles. The van der Waals surface area contributed by atoms with Crippen molar-refractivity contribution in [1.29, 1.82) is 0 Å². The Morgan fingerprint density at radius 2 is 2.07 bits per heavy atom. The zero-order valence-corrected chi connectivity index (χ0v) is 6.95. The summed E-state index contributed by atoms with van der Waals surface area (Å²) < 4.78 is 10.0. The van der Waals surface area contributed by atoms with Gasteiger partial charge >= 0.3 is 5.97 Å². The van der Waals surface area contributed by atoms with Gasteiger partial charge in [-0.05, 0) is 0 Å². The van der Waals surface area contributed by atoms with Gasteiger partial charge in [-0.2, -0.15) is 0 Å². The highest BCUT2D eigenvalue weighted by atomic mass is 16.6. The summed E-state index contributed by atoms with van der Waals surface area (Å²) in [5.41, 5.74) is 0. The highest BCUT2D eigenvalue weighted by Crippen LogP contribution is 2.49. The van der Waals surface area contributed by atoms with Crippen LogP contribution in [0.3, 0.4) is 0 Å². The van der Waals surface area contributed by atoms with Gasteiger partial charge in [-0.3, -0.25) is 4.79 Å². The fourth-order valence-corrected chi connectivity index (χ4v) is 2.63. The maximum Gasteiger partial charge on any atom is 0.312 e. The summed E-state index contributed by atoms with van der Waals surface area (Å²) in [6, 6.07) is 0. The Morgan fingerprint density at radius 3 is 2.71 bits per heavy atom. The number of fused-ring (bicyclic) bond motifs is 1. The molecule has 3 heterocycles. The lowest BCUT2D eigenvalue weighted by Crippen LogP contribution is -2.49. The van der Waals surface area contributed by atoms with E-state index in [2.05, 4.69) is 0 Å². The zero-order chi connectivity index (χ0) is 10.0. The van der Waals surface area contributed by atoms with Crippen molar-refractivity contribution in [1.82, 2.24) is 0 Å². The average molecular weight is 199 g/mol. The minimum absolute atomic E-state index is 0.603. The molecule has 0 saturated carbocycles. The van der Waals surface area contributed by atoms with E-state index in [1.54, 1.807) is 0 Å². The smallest absolute Gasteiger partial charge is 0.312 e. The van der Waals surface area contributed by atoms with Crippen LogP contribution < -0.4 is 5.11 Å². The van der Waals surface area contributed by atoms with Gasteiger partial charge in [0, 0.05) is 11.9 Å². The predicted molar refractivity (Wildman–Crippen MR) is 36.5 cm³/mol. The molecule has 0 amide bonds. The monoisotopic (exact) mass is 199 g/mol. The number of esters is 1. The van der Waals surface area contributed by atoms with Crippen LogP contribution in [-0.4, -0.2) is 41.5 Å². The minimum Gasteiger partial charge on any atom is -0.550 e. The second-order valence-corrected chi connectivity index (χ2v) is 3.83. The molecular formula is C8H7O6-. The molecule has 6 heteroatoms. The number of carbonyl (C=O) groups excluding carboxylic acids is 2. The van der Waals surface area contributed by atoms with Crippen molar-refractivity contribution in [3.63, 3.8) is 0 Å². The molecule has 3 aliphatic rings. The molecule has 3 fully saturated rings. The molecule has 14 heavy (non-hydrogen) atoms. The Balaban J connectivity index is 2.04. The van der Waals surface area contributed by atoms with E-state index < -0.39 is 48.2 Å². The van der Waals surface area contributed by atoms with Crippen LogP contribution in [0.25, 0.3) is 0 Å². The highest BCUT2D eigenvalue weighted by Gasteiger charge is 2.68. The number of carbonyl (C=O) groups is 2. The molecule has 1 N–H and O–H groups in total. The molecule has 0 aromatic rings. The lowest BCUT2D eigenvalue weighted by molar-refractivity contribution is -0.314. The van der Waals surface area contributed by atoms with Crippen molar-refractivity contribution in [3.05, 3.63) is 0 Å². The van der Waals surface area contributed by atoms with E-state index >= 15 is 0 Å². The highest BCUT2D eigenvalue weighted by molar-refractivity contribution is 5.85. The first-order chi connectivity index (χ1) is 6.61. The summed E-state index contributed by atoms with van der Waals surface area (Å²) in [5, 5.41) is 20.3. The number of hydrogen-bond donors (Lipinski definition) is 1. The standard InChI is InChI=1S/C8H8O6/c9-3-4-1(7(10)11)2-5(13-4)6(3)14-8(2)12/h1-6,9H,(H,10,11)/p-1. The van der Waals surface area contributed by atoms with Crippen LogP contribution in [0.5, 0.6) is 0 Å². The molecule has 3 aliphatic heterocycles. The summed E-state index contributed by atoms with van der Waals surface area (Å²) in [6.07, 6.45) is -3.18. The summed E-state index contributed by atoms with van der Waals surface area (Å²) in [4.78, 5) is 22.0. The zero-order valence-electron chi connectivity index (χ0n) is 6.95. The number of carboxylic acid groups (broad SMARTS) is 1. The van der Waals surface area contributed by atoms with E-state index in [0.717, 1.165) is 0 Å². The first-order valence-electron chi connectivity index (χ1n) is 4.36. The molecular weight excluding hydrogens is 192 g/mol. The van der Waals surface area contributed by atoms with E-state index in [-0.39, 0.29) is 0 Å². The summed E-state index contributed by atoms with van der Waals surface area (Å²) in [6.45, 7) is 0. The second kappa shape index (κ2) is 2.26. The van der Waals surface area contributed by atoms with E-state index in [1.807, 2.05) is 0 Å². The van der Waals surface area contributed by atoms with Crippen molar-refractivity contribution >= 4 is 11.9 Å². The van der Waals surface area contributed by atoms with E-state index in [0.29, 0.717) is 0 Å². The number of aliphatic hydroxyl groups excluding tert-OH is 1. The predicted octanol–water partition coefficient (Wildman–Crippen LogP) is -2.96. The number of aliphatic carboxylic acids is 1. The largest absolute Gasteiger partial charge is 0.550 e.